The maximum Gasteiger partial charge on any atom is 0.123 e. The normalized spacial score (nSPS) is 15.4. The van der Waals surface area contributed by atoms with E-state index in [1.807, 2.05) is 5.38 Å². The van der Waals surface area contributed by atoms with Crippen LogP contribution in [0.4, 0.5) is 0 Å². The van der Waals surface area contributed by atoms with Crippen LogP contribution >= 0.6 is 22.9 Å². The van der Waals surface area contributed by atoms with Gasteiger partial charge in [-0.3, -0.25) is 0 Å². The van der Waals surface area contributed by atoms with E-state index in [0.717, 1.165) is 23.2 Å². The van der Waals surface area contributed by atoms with Crippen molar-refractivity contribution in [3.05, 3.63) is 40.9 Å². The molecule has 0 saturated heterocycles. The monoisotopic (exact) mass is 320 g/mol. The van der Waals surface area contributed by atoms with Gasteiger partial charge in [-0.1, -0.05) is 24.6 Å². The molecule has 2 aromatic rings. The lowest BCUT2D eigenvalue weighted by Crippen LogP contribution is -2.29. The predicted molar refractivity (Wildman–Crippen MR) is 90.8 cm³/mol. The number of aromatic nitrogens is 1. The van der Waals surface area contributed by atoms with E-state index in [2.05, 4.69) is 41.2 Å². The van der Waals surface area contributed by atoms with Crippen molar-refractivity contribution in [2.45, 2.75) is 31.7 Å². The minimum Gasteiger partial charge on any atom is -0.302 e. The molecule has 0 unspecified atom stereocenters. The van der Waals surface area contributed by atoms with E-state index in [-0.39, 0.29) is 0 Å². The largest absolute Gasteiger partial charge is 0.302 e. The number of benzene rings is 1. The molecule has 0 atom stereocenters. The Kier molecular flexibility index (Phi) is 4.94. The summed E-state index contributed by atoms with van der Waals surface area (Å²) in [5.41, 5.74) is 3.52. The van der Waals surface area contributed by atoms with Gasteiger partial charge in [0.25, 0.3) is 0 Å². The van der Waals surface area contributed by atoms with Crippen LogP contribution in [0, 0.1) is 5.92 Å². The van der Waals surface area contributed by atoms with E-state index in [4.69, 9.17) is 11.6 Å². The van der Waals surface area contributed by atoms with Crippen molar-refractivity contribution >= 4 is 22.9 Å². The van der Waals surface area contributed by atoms with Crippen LogP contribution < -0.4 is 0 Å². The van der Waals surface area contributed by atoms with Crippen molar-refractivity contribution in [2.24, 2.45) is 5.92 Å². The molecule has 112 valence electrons. The number of nitrogens with zero attached hydrogens (tertiary/aromatic N) is 2. The highest BCUT2D eigenvalue weighted by atomic mass is 35.5. The molecule has 4 heteroatoms. The van der Waals surface area contributed by atoms with E-state index >= 15 is 0 Å². The van der Waals surface area contributed by atoms with Crippen LogP contribution in [0.25, 0.3) is 10.6 Å². The lowest BCUT2D eigenvalue weighted by molar-refractivity contribution is 0.200. The third kappa shape index (κ3) is 3.85. The van der Waals surface area contributed by atoms with E-state index in [9.17, 15) is 0 Å². The molecule has 0 amide bonds. The molecule has 21 heavy (non-hydrogen) atoms. The van der Waals surface area contributed by atoms with Gasteiger partial charge < -0.3 is 4.90 Å². The molecule has 1 aliphatic carbocycles. The second-order valence-corrected chi connectivity index (χ2v) is 7.10. The molecule has 0 spiro atoms. The van der Waals surface area contributed by atoms with Gasteiger partial charge in [0.1, 0.15) is 5.01 Å². The van der Waals surface area contributed by atoms with Crippen LogP contribution in [-0.4, -0.2) is 23.5 Å². The van der Waals surface area contributed by atoms with Gasteiger partial charge in [-0.2, -0.15) is 0 Å². The zero-order chi connectivity index (χ0) is 14.7. The van der Waals surface area contributed by atoms with Crippen molar-refractivity contribution < 1.29 is 0 Å². The predicted octanol–water partition coefficient (Wildman–Crippen LogP) is 4.78. The van der Waals surface area contributed by atoms with Gasteiger partial charge in [0, 0.05) is 24.0 Å². The molecule has 1 aromatic heterocycles. The van der Waals surface area contributed by atoms with Crippen molar-refractivity contribution in [1.29, 1.82) is 0 Å². The molecule has 0 bridgehead atoms. The molecule has 0 radical (unpaired) electrons. The Morgan fingerprint density at radius 3 is 2.90 bits per heavy atom. The first-order valence-electron chi connectivity index (χ1n) is 7.53. The summed E-state index contributed by atoms with van der Waals surface area (Å²) < 4.78 is 0. The van der Waals surface area contributed by atoms with Gasteiger partial charge in [0.2, 0.25) is 0 Å². The Labute approximate surface area is 135 Å². The quantitative estimate of drug-likeness (QED) is 0.712. The Bertz CT molecular complexity index is 592. The van der Waals surface area contributed by atoms with E-state index < -0.39 is 0 Å². The molecule has 1 saturated carbocycles. The molecule has 3 rings (SSSR count). The molecular weight excluding hydrogens is 300 g/mol. The fraction of sp³-hybridized carbons (Fsp3) is 0.471. The zero-order valence-corrected chi connectivity index (χ0v) is 14.0. The average molecular weight is 321 g/mol. The summed E-state index contributed by atoms with van der Waals surface area (Å²) in [6.45, 7) is 2.23. The number of alkyl halides is 1. The highest BCUT2D eigenvalue weighted by Crippen LogP contribution is 2.28. The average Bonchev–Trinajstić information content (AvgIpc) is 2.92. The number of rotatable bonds is 6. The van der Waals surface area contributed by atoms with Gasteiger partial charge in [-0.25, -0.2) is 4.98 Å². The highest BCUT2D eigenvalue weighted by Gasteiger charge is 2.19. The fourth-order valence-corrected chi connectivity index (χ4v) is 3.84. The second kappa shape index (κ2) is 6.91. The van der Waals surface area contributed by atoms with Crippen molar-refractivity contribution in [3.63, 3.8) is 0 Å². The van der Waals surface area contributed by atoms with Crippen LogP contribution in [0.5, 0.6) is 0 Å². The van der Waals surface area contributed by atoms with Gasteiger partial charge in [0.05, 0.1) is 11.6 Å². The van der Waals surface area contributed by atoms with E-state index in [0.29, 0.717) is 5.88 Å². The summed E-state index contributed by atoms with van der Waals surface area (Å²) in [4.78, 5) is 7.00. The Morgan fingerprint density at radius 1 is 1.38 bits per heavy atom. The van der Waals surface area contributed by atoms with Crippen molar-refractivity contribution in [2.75, 3.05) is 13.6 Å². The Balaban J connectivity index is 1.67. The zero-order valence-electron chi connectivity index (χ0n) is 12.4. The molecule has 1 heterocycles. The summed E-state index contributed by atoms with van der Waals surface area (Å²) in [7, 11) is 2.22. The smallest absolute Gasteiger partial charge is 0.123 e. The molecule has 1 aromatic carbocycles. The Hall–Kier alpha value is -0.900. The van der Waals surface area contributed by atoms with E-state index in [1.165, 1.54) is 36.9 Å². The SMILES string of the molecule is CN(Cc1cccc(-c2nc(CCl)cs2)c1)CC1CCC1. The summed E-state index contributed by atoms with van der Waals surface area (Å²) >= 11 is 7.50. The second-order valence-electron chi connectivity index (χ2n) is 5.97. The van der Waals surface area contributed by atoms with Crippen LogP contribution in [0.3, 0.4) is 0 Å². The molecule has 2 nitrogen and oxygen atoms in total. The van der Waals surface area contributed by atoms with Gasteiger partial charge in [-0.05, 0) is 37.4 Å². The molecule has 1 fully saturated rings. The van der Waals surface area contributed by atoms with Crippen LogP contribution in [0.15, 0.2) is 29.6 Å². The summed E-state index contributed by atoms with van der Waals surface area (Å²) in [6, 6.07) is 8.72. The summed E-state index contributed by atoms with van der Waals surface area (Å²) in [6.07, 6.45) is 4.23. The first-order chi connectivity index (χ1) is 10.2. The van der Waals surface area contributed by atoms with E-state index in [1.54, 1.807) is 11.3 Å². The molecular formula is C17H21ClN2S. The molecule has 1 aliphatic rings. The summed E-state index contributed by atoms with van der Waals surface area (Å²) in [5.74, 6) is 1.41. The van der Waals surface area contributed by atoms with Gasteiger partial charge in [-0.15, -0.1) is 22.9 Å². The van der Waals surface area contributed by atoms with Crippen molar-refractivity contribution in [1.82, 2.24) is 9.88 Å². The fourth-order valence-electron chi connectivity index (χ4n) is 2.80. The maximum atomic E-state index is 5.83. The first-order valence-corrected chi connectivity index (χ1v) is 8.94. The lowest BCUT2D eigenvalue weighted by Gasteiger charge is -2.30. The van der Waals surface area contributed by atoms with Gasteiger partial charge in [0.15, 0.2) is 0 Å². The number of hydrogen-bond donors (Lipinski definition) is 0. The Morgan fingerprint density at radius 2 is 2.24 bits per heavy atom. The molecule has 0 N–H and O–H groups in total. The summed E-state index contributed by atoms with van der Waals surface area (Å²) in [5, 5.41) is 3.10. The third-order valence-electron chi connectivity index (χ3n) is 4.11. The van der Waals surface area contributed by atoms with Gasteiger partial charge >= 0.3 is 0 Å². The van der Waals surface area contributed by atoms with Crippen LogP contribution in [0.2, 0.25) is 0 Å². The minimum absolute atomic E-state index is 0.486. The van der Waals surface area contributed by atoms with Crippen molar-refractivity contribution in [3.8, 4) is 10.6 Å². The first kappa shape index (κ1) is 15.0. The number of halogens is 1. The topological polar surface area (TPSA) is 16.1 Å². The standard InChI is InChI=1S/C17H21ClN2S/c1-20(10-13-4-2-5-13)11-14-6-3-7-15(8-14)17-19-16(9-18)12-21-17/h3,6-8,12-13H,2,4-5,9-11H2,1H3. The number of thiazole rings is 1. The maximum absolute atomic E-state index is 5.83. The minimum atomic E-state index is 0.486. The number of hydrogen-bond acceptors (Lipinski definition) is 3. The highest BCUT2D eigenvalue weighted by molar-refractivity contribution is 7.13. The lowest BCUT2D eigenvalue weighted by atomic mass is 9.85. The third-order valence-corrected chi connectivity index (χ3v) is 5.32. The van der Waals surface area contributed by atoms with Crippen LogP contribution in [0.1, 0.15) is 30.5 Å². The molecule has 0 aliphatic heterocycles. The van der Waals surface area contributed by atoms with Crippen LogP contribution in [-0.2, 0) is 12.4 Å².